The summed E-state index contributed by atoms with van der Waals surface area (Å²) in [6, 6.07) is 0.478. The molecule has 0 bridgehead atoms. The molecule has 0 aromatic heterocycles. The van der Waals surface area contributed by atoms with Crippen LogP contribution in [0.1, 0.15) is 25.3 Å². The van der Waals surface area contributed by atoms with Gasteiger partial charge in [-0.2, -0.15) is 0 Å². The molecule has 0 aliphatic carbocycles. The van der Waals surface area contributed by atoms with E-state index in [2.05, 4.69) is 0 Å². The van der Waals surface area contributed by atoms with Crippen LogP contribution in [0, 0.1) is 17.5 Å². The van der Waals surface area contributed by atoms with Crippen molar-refractivity contribution in [3.05, 3.63) is 35.1 Å². The van der Waals surface area contributed by atoms with Gasteiger partial charge in [-0.3, -0.25) is 4.79 Å². The van der Waals surface area contributed by atoms with Gasteiger partial charge in [-0.1, -0.05) is 0 Å². The Morgan fingerprint density at radius 1 is 1.26 bits per heavy atom. The molecule has 6 nitrogen and oxygen atoms in total. The fraction of sp³-hybridized carbons (Fsp3) is 0.556. The first-order valence-electron chi connectivity index (χ1n) is 8.74. The van der Waals surface area contributed by atoms with Gasteiger partial charge in [0.2, 0.25) is 5.91 Å². The van der Waals surface area contributed by atoms with E-state index in [9.17, 15) is 22.8 Å². The number of carbonyl (C=O) groups excluding carboxylic acids is 2. The Balaban J connectivity index is 1.80. The van der Waals surface area contributed by atoms with Gasteiger partial charge in [-0.05, 0) is 31.4 Å². The molecular weight excluding hydrogens is 365 g/mol. The van der Waals surface area contributed by atoms with E-state index in [1.807, 2.05) is 0 Å². The van der Waals surface area contributed by atoms with Gasteiger partial charge in [-0.25, -0.2) is 18.0 Å². The highest BCUT2D eigenvalue weighted by molar-refractivity contribution is 5.77. The lowest BCUT2D eigenvalue weighted by molar-refractivity contribution is -0.150. The third-order valence-corrected chi connectivity index (χ3v) is 4.25. The average Bonchev–Trinajstić information content (AvgIpc) is 3.07. The van der Waals surface area contributed by atoms with Gasteiger partial charge < -0.3 is 20.1 Å². The van der Waals surface area contributed by atoms with Crippen LogP contribution in [0.5, 0.6) is 0 Å². The molecule has 1 aromatic rings. The second-order valence-electron chi connectivity index (χ2n) is 6.39. The molecule has 2 N–H and O–H groups in total. The van der Waals surface area contributed by atoms with Gasteiger partial charge in [0.15, 0.2) is 11.6 Å². The van der Waals surface area contributed by atoms with Crippen LogP contribution >= 0.6 is 0 Å². The Morgan fingerprint density at radius 2 is 1.96 bits per heavy atom. The zero-order valence-electron chi connectivity index (χ0n) is 15.1. The number of carbonyl (C=O) groups is 2. The number of likely N-dealkylation sites (tertiary alicyclic amines) is 1. The van der Waals surface area contributed by atoms with Gasteiger partial charge in [-0.15, -0.1) is 0 Å². The van der Waals surface area contributed by atoms with Crippen molar-refractivity contribution in [2.45, 2.75) is 38.3 Å². The number of halogens is 3. The van der Waals surface area contributed by atoms with Gasteiger partial charge >= 0.3 is 5.97 Å². The van der Waals surface area contributed by atoms with Crippen LogP contribution in [0.25, 0.3) is 0 Å². The molecular formula is C18H23F3N2O4. The molecule has 150 valence electrons. The number of amides is 1. The first-order valence-corrected chi connectivity index (χ1v) is 8.74. The van der Waals surface area contributed by atoms with E-state index in [-0.39, 0.29) is 43.6 Å². The fourth-order valence-electron chi connectivity index (χ4n) is 2.91. The zero-order valence-corrected chi connectivity index (χ0v) is 15.1. The molecule has 2 atom stereocenters. The number of esters is 1. The Morgan fingerprint density at radius 3 is 2.67 bits per heavy atom. The van der Waals surface area contributed by atoms with Crippen LogP contribution in [0.4, 0.5) is 13.2 Å². The molecule has 1 heterocycles. The van der Waals surface area contributed by atoms with Crippen molar-refractivity contribution in [1.82, 2.24) is 4.90 Å². The van der Waals surface area contributed by atoms with E-state index in [0.717, 1.165) is 6.07 Å². The predicted molar refractivity (Wildman–Crippen MR) is 90.2 cm³/mol. The maximum atomic E-state index is 13.7. The maximum Gasteiger partial charge on any atom is 0.332 e. The number of hydrogen-bond donors (Lipinski definition) is 1. The highest BCUT2D eigenvalue weighted by atomic mass is 19.2. The monoisotopic (exact) mass is 388 g/mol. The van der Waals surface area contributed by atoms with Gasteiger partial charge in [0.1, 0.15) is 12.4 Å². The molecule has 1 saturated heterocycles. The Hall–Kier alpha value is -2.13. The van der Waals surface area contributed by atoms with Crippen LogP contribution in [0.15, 0.2) is 12.1 Å². The van der Waals surface area contributed by atoms with Crippen molar-refractivity contribution in [2.75, 3.05) is 26.3 Å². The minimum atomic E-state index is -1.27. The lowest BCUT2D eigenvalue weighted by atomic mass is 10.0. The summed E-state index contributed by atoms with van der Waals surface area (Å²) in [5.74, 6) is -4.03. The highest BCUT2D eigenvalue weighted by Crippen LogP contribution is 2.18. The first-order chi connectivity index (χ1) is 12.8. The largest absolute Gasteiger partial charge is 0.464 e. The molecule has 1 aliphatic rings. The Kier molecular flexibility index (Phi) is 7.61. The van der Waals surface area contributed by atoms with E-state index in [1.165, 1.54) is 0 Å². The normalized spacial score (nSPS) is 17.8. The topological polar surface area (TPSA) is 81.9 Å². The molecule has 1 amide bonds. The summed E-state index contributed by atoms with van der Waals surface area (Å²) in [6.45, 7) is 2.58. The molecule has 1 aliphatic heterocycles. The smallest absolute Gasteiger partial charge is 0.332 e. The second kappa shape index (κ2) is 9.70. The molecule has 1 unspecified atom stereocenters. The van der Waals surface area contributed by atoms with Crippen molar-refractivity contribution < 1.29 is 32.2 Å². The number of benzene rings is 1. The summed E-state index contributed by atoms with van der Waals surface area (Å²) in [4.78, 5) is 25.1. The van der Waals surface area contributed by atoms with Gasteiger partial charge in [0, 0.05) is 31.6 Å². The number of nitrogens with two attached hydrogens (primary N) is 1. The maximum absolute atomic E-state index is 13.7. The van der Waals surface area contributed by atoms with Crippen LogP contribution in [-0.2, 0) is 25.5 Å². The number of nitrogens with zero attached hydrogens (tertiary/aromatic N) is 1. The summed E-state index contributed by atoms with van der Waals surface area (Å²) in [6.07, 6.45) is 0.158. The molecule has 0 radical (unpaired) electrons. The molecule has 0 saturated carbocycles. The second-order valence-corrected chi connectivity index (χ2v) is 6.39. The first kappa shape index (κ1) is 21.2. The molecule has 9 heteroatoms. The molecule has 1 aromatic carbocycles. The molecule has 1 fully saturated rings. The lowest BCUT2D eigenvalue weighted by Crippen LogP contribution is -2.36. The third-order valence-electron chi connectivity index (χ3n) is 4.25. The number of ether oxygens (including phenoxy) is 2. The predicted octanol–water partition coefficient (Wildman–Crippen LogP) is 1.54. The molecule has 0 spiro atoms. The Labute approximate surface area is 155 Å². The third kappa shape index (κ3) is 6.21. The SMILES string of the molecule is CCOC(=O)COC1CCN(C(=O)C[C@H](N)Cc2cc(F)c(F)cc2F)C1. The standard InChI is InChI=1S/C18H23F3N2O4/c1-2-26-18(25)10-27-13-3-4-23(9-13)17(24)7-12(22)5-11-6-15(20)16(21)8-14(11)19/h6,8,12-13H,2-5,7,9-10,22H2,1H3/t12-,13?/m1/s1. The lowest BCUT2D eigenvalue weighted by Gasteiger charge is -2.19. The van der Waals surface area contributed by atoms with E-state index >= 15 is 0 Å². The van der Waals surface area contributed by atoms with E-state index in [0.29, 0.717) is 25.6 Å². The van der Waals surface area contributed by atoms with Crippen molar-refractivity contribution >= 4 is 11.9 Å². The van der Waals surface area contributed by atoms with Crippen molar-refractivity contribution in [2.24, 2.45) is 5.73 Å². The minimum Gasteiger partial charge on any atom is -0.464 e. The van der Waals surface area contributed by atoms with Crippen LogP contribution in [-0.4, -0.2) is 55.2 Å². The summed E-state index contributed by atoms with van der Waals surface area (Å²) in [7, 11) is 0. The summed E-state index contributed by atoms with van der Waals surface area (Å²) < 4.78 is 50.0. The summed E-state index contributed by atoms with van der Waals surface area (Å²) >= 11 is 0. The quantitative estimate of drug-likeness (QED) is 0.540. The van der Waals surface area contributed by atoms with Crippen molar-refractivity contribution in [3.8, 4) is 0 Å². The van der Waals surface area contributed by atoms with Crippen LogP contribution in [0.2, 0.25) is 0 Å². The summed E-state index contributed by atoms with van der Waals surface area (Å²) in [5.41, 5.74) is 5.80. The summed E-state index contributed by atoms with van der Waals surface area (Å²) in [5, 5.41) is 0. The van der Waals surface area contributed by atoms with E-state index in [4.69, 9.17) is 15.2 Å². The minimum absolute atomic E-state index is 0.0664. The Bertz CT molecular complexity index is 687. The average molecular weight is 388 g/mol. The van der Waals surface area contributed by atoms with E-state index < -0.39 is 29.5 Å². The number of hydrogen-bond acceptors (Lipinski definition) is 5. The molecule has 2 rings (SSSR count). The zero-order chi connectivity index (χ0) is 20.0. The molecule has 27 heavy (non-hydrogen) atoms. The van der Waals surface area contributed by atoms with Crippen LogP contribution in [0.3, 0.4) is 0 Å². The van der Waals surface area contributed by atoms with Crippen molar-refractivity contribution in [1.29, 1.82) is 0 Å². The fourth-order valence-corrected chi connectivity index (χ4v) is 2.91. The van der Waals surface area contributed by atoms with Crippen molar-refractivity contribution in [3.63, 3.8) is 0 Å². The van der Waals surface area contributed by atoms with Gasteiger partial charge in [0.05, 0.1) is 12.7 Å². The highest BCUT2D eigenvalue weighted by Gasteiger charge is 2.28. The van der Waals surface area contributed by atoms with Gasteiger partial charge in [0.25, 0.3) is 0 Å². The van der Waals surface area contributed by atoms with E-state index in [1.54, 1.807) is 11.8 Å². The number of rotatable bonds is 8. The van der Waals surface area contributed by atoms with Crippen LogP contribution < -0.4 is 5.73 Å².